The van der Waals surface area contributed by atoms with Crippen LogP contribution in [-0.2, 0) is 9.53 Å². The van der Waals surface area contributed by atoms with Gasteiger partial charge in [0.15, 0.2) is 0 Å². The molecule has 0 aliphatic carbocycles. The van der Waals surface area contributed by atoms with E-state index in [2.05, 4.69) is 5.32 Å². The van der Waals surface area contributed by atoms with Crippen molar-refractivity contribution in [1.29, 1.82) is 0 Å². The SMILES string of the molecule is CCOCCCC1CCN(CC(=O)NC(C)C)CC1(F)F. The van der Waals surface area contributed by atoms with E-state index in [4.69, 9.17) is 4.74 Å². The maximum atomic E-state index is 14.1. The number of rotatable bonds is 8. The van der Waals surface area contributed by atoms with E-state index < -0.39 is 11.8 Å². The first-order valence-electron chi connectivity index (χ1n) is 7.82. The largest absolute Gasteiger partial charge is 0.382 e. The summed E-state index contributed by atoms with van der Waals surface area (Å²) < 4.78 is 33.4. The summed E-state index contributed by atoms with van der Waals surface area (Å²) in [4.78, 5) is 13.2. The van der Waals surface area contributed by atoms with E-state index >= 15 is 0 Å². The van der Waals surface area contributed by atoms with E-state index in [1.165, 1.54) is 0 Å². The molecule has 21 heavy (non-hydrogen) atoms. The topological polar surface area (TPSA) is 41.6 Å². The zero-order valence-electron chi connectivity index (χ0n) is 13.3. The van der Waals surface area contributed by atoms with Crippen molar-refractivity contribution in [3.8, 4) is 0 Å². The number of hydrogen-bond acceptors (Lipinski definition) is 3. The van der Waals surface area contributed by atoms with Crippen molar-refractivity contribution in [2.45, 2.75) is 52.0 Å². The summed E-state index contributed by atoms with van der Waals surface area (Å²) in [6.07, 6.45) is 1.59. The zero-order valence-corrected chi connectivity index (χ0v) is 13.3. The van der Waals surface area contributed by atoms with Gasteiger partial charge in [-0.1, -0.05) is 0 Å². The van der Waals surface area contributed by atoms with Gasteiger partial charge in [-0.05, 0) is 46.6 Å². The van der Waals surface area contributed by atoms with Crippen molar-refractivity contribution in [2.24, 2.45) is 5.92 Å². The van der Waals surface area contributed by atoms with Gasteiger partial charge in [0.1, 0.15) is 0 Å². The van der Waals surface area contributed by atoms with Gasteiger partial charge in [0.05, 0.1) is 13.1 Å². The van der Waals surface area contributed by atoms with E-state index in [0.29, 0.717) is 39.0 Å². The standard InChI is InChI=1S/C15H28F2N2O2/c1-4-21-9-5-6-13-7-8-19(11-15(13,16)17)10-14(20)18-12(2)3/h12-13H,4-11H2,1-3H3,(H,18,20). The highest BCUT2D eigenvalue weighted by atomic mass is 19.3. The van der Waals surface area contributed by atoms with Gasteiger partial charge < -0.3 is 10.1 Å². The van der Waals surface area contributed by atoms with Crippen LogP contribution in [0, 0.1) is 5.92 Å². The van der Waals surface area contributed by atoms with Gasteiger partial charge >= 0.3 is 0 Å². The Morgan fingerprint density at radius 3 is 2.76 bits per heavy atom. The van der Waals surface area contributed by atoms with Gasteiger partial charge in [-0.25, -0.2) is 8.78 Å². The lowest BCUT2D eigenvalue weighted by Gasteiger charge is -2.38. The summed E-state index contributed by atoms with van der Waals surface area (Å²) in [5.41, 5.74) is 0. The minimum absolute atomic E-state index is 0.0362. The van der Waals surface area contributed by atoms with E-state index in [0.717, 1.165) is 0 Å². The Kier molecular flexibility index (Phi) is 7.52. The number of piperidine rings is 1. The Morgan fingerprint density at radius 1 is 1.48 bits per heavy atom. The van der Waals surface area contributed by atoms with E-state index in [1.807, 2.05) is 20.8 Å². The summed E-state index contributed by atoms with van der Waals surface area (Å²) >= 11 is 0. The first-order chi connectivity index (χ1) is 9.85. The van der Waals surface area contributed by atoms with Gasteiger partial charge in [-0.3, -0.25) is 9.69 Å². The smallest absolute Gasteiger partial charge is 0.263 e. The molecule has 0 bridgehead atoms. The van der Waals surface area contributed by atoms with Crippen LogP contribution in [0.3, 0.4) is 0 Å². The zero-order chi connectivity index (χ0) is 15.9. The Balaban J connectivity index is 2.37. The minimum atomic E-state index is -2.72. The third-order valence-electron chi connectivity index (χ3n) is 3.69. The third-order valence-corrected chi connectivity index (χ3v) is 3.69. The highest BCUT2D eigenvalue weighted by Gasteiger charge is 2.44. The number of alkyl halides is 2. The molecule has 1 saturated heterocycles. The van der Waals surface area contributed by atoms with E-state index in [1.54, 1.807) is 4.90 Å². The Bertz CT molecular complexity index is 325. The summed E-state index contributed by atoms with van der Waals surface area (Å²) in [7, 11) is 0. The van der Waals surface area contributed by atoms with Crippen molar-refractivity contribution in [2.75, 3.05) is 32.8 Å². The van der Waals surface area contributed by atoms with Gasteiger partial charge in [-0.15, -0.1) is 0 Å². The minimum Gasteiger partial charge on any atom is -0.382 e. The predicted molar refractivity (Wildman–Crippen MR) is 78.5 cm³/mol. The molecule has 0 saturated carbocycles. The van der Waals surface area contributed by atoms with Crippen LogP contribution in [-0.4, -0.2) is 55.6 Å². The van der Waals surface area contributed by atoms with Crippen molar-refractivity contribution in [3.05, 3.63) is 0 Å². The van der Waals surface area contributed by atoms with Crippen LogP contribution in [0.1, 0.15) is 40.0 Å². The Labute approximate surface area is 126 Å². The van der Waals surface area contributed by atoms with Gasteiger partial charge in [-0.2, -0.15) is 0 Å². The summed E-state index contributed by atoms with van der Waals surface area (Å²) in [6.45, 7) is 7.07. The highest BCUT2D eigenvalue weighted by Crippen LogP contribution is 2.35. The van der Waals surface area contributed by atoms with Crippen LogP contribution in [0.2, 0.25) is 0 Å². The predicted octanol–water partition coefficient (Wildman–Crippen LogP) is 2.28. The Hall–Kier alpha value is -0.750. The molecule has 1 amide bonds. The molecule has 1 unspecified atom stereocenters. The van der Waals surface area contributed by atoms with Crippen molar-refractivity contribution < 1.29 is 18.3 Å². The fourth-order valence-corrected chi connectivity index (χ4v) is 2.69. The maximum Gasteiger partial charge on any atom is 0.263 e. The molecular formula is C15H28F2N2O2. The molecule has 1 atom stereocenters. The lowest BCUT2D eigenvalue weighted by molar-refractivity contribution is -0.132. The molecule has 0 aromatic carbocycles. The molecule has 124 valence electrons. The molecule has 1 aliphatic rings. The fraction of sp³-hybridized carbons (Fsp3) is 0.933. The molecule has 0 radical (unpaired) electrons. The fourth-order valence-electron chi connectivity index (χ4n) is 2.69. The molecule has 1 rings (SSSR count). The maximum absolute atomic E-state index is 14.1. The number of carbonyl (C=O) groups excluding carboxylic acids is 1. The molecule has 0 spiro atoms. The summed E-state index contributed by atoms with van der Waals surface area (Å²) in [6, 6.07) is 0.0362. The lowest BCUT2D eigenvalue weighted by Crippen LogP contribution is -2.51. The molecule has 1 fully saturated rings. The lowest BCUT2D eigenvalue weighted by atomic mass is 9.88. The number of amides is 1. The van der Waals surface area contributed by atoms with Crippen molar-refractivity contribution >= 4 is 5.91 Å². The van der Waals surface area contributed by atoms with Gasteiger partial charge in [0.2, 0.25) is 5.91 Å². The molecule has 6 heteroatoms. The van der Waals surface area contributed by atoms with Crippen LogP contribution < -0.4 is 5.32 Å². The summed E-state index contributed by atoms with van der Waals surface area (Å²) in [5.74, 6) is -3.50. The monoisotopic (exact) mass is 306 g/mol. The average molecular weight is 306 g/mol. The molecule has 0 aromatic heterocycles. The van der Waals surface area contributed by atoms with Crippen molar-refractivity contribution in [1.82, 2.24) is 10.2 Å². The summed E-state index contributed by atoms with van der Waals surface area (Å²) in [5, 5.41) is 2.73. The van der Waals surface area contributed by atoms with Crippen LogP contribution >= 0.6 is 0 Å². The quantitative estimate of drug-likeness (QED) is 0.700. The van der Waals surface area contributed by atoms with Crippen LogP contribution in [0.4, 0.5) is 8.78 Å². The second-order valence-electron chi connectivity index (χ2n) is 6.02. The van der Waals surface area contributed by atoms with Gasteiger partial charge in [0.25, 0.3) is 5.92 Å². The number of halogens is 2. The second kappa shape index (κ2) is 8.63. The van der Waals surface area contributed by atoms with Gasteiger partial charge in [0, 0.05) is 25.2 Å². The Morgan fingerprint density at radius 2 is 2.19 bits per heavy atom. The van der Waals surface area contributed by atoms with Crippen LogP contribution in [0.5, 0.6) is 0 Å². The third kappa shape index (κ3) is 6.70. The first kappa shape index (κ1) is 18.3. The molecule has 1 aliphatic heterocycles. The number of nitrogens with one attached hydrogen (secondary N) is 1. The normalized spacial score (nSPS) is 22.5. The molecule has 1 heterocycles. The highest BCUT2D eigenvalue weighted by molar-refractivity contribution is 5.78. The number of carbonyl (C=O) groups is 1. The molecule has 1 N–H and O–H groups in total. The van der Waals surface area contributed by atoms with E-state index in [9.17, 15) is 13.6 Å². The number of hydrogen-bond donors (Lipinski definition) is 1. The molecule has 0 aromatic rings. The molecule has 4 nitrogen and oxygen atoms in total. The second-order valence-corrected chi connectivity index (χ2v) is 6.02. The molecular weight excluding hydrogens is 278 g/mol. The first-order valence-corrected chi connectivity index (χ1v) is 7.82. The van der Waals surface area contributed by atoms with Crippen LogP contribution in [0.25, 0.3) is 0 Å². The average Bonchev–Trinajstić information content (AvgIpc) is 2.34. The van der Waals surface area contributed by atoms with Crippen LogP contribution in [0.15, 0.2) is 0 Å². The number of likely N-dealkylation sites (tertiary alicyclic amines) is 1. The number of ether oxygens (including phenoxy) is 1. The number of nitrogens with zero attached hydrogens (tertiary/aromatic N) is 1. The van der Waals surface area contributed by atoms with E-state index in [-0.39, 0.29) is 25.0 Å². The van der Waals surface area contributed by atoms with Crippen molar-refractivity contribution in [3.63, 3.8) is 0 Å².